The third kappa shape index (κ3) is 4.66. The van der Waals surface area contributed by atoms with Gasteiger partial charge < -0.3 is 9.72 Å². The minimum Gasteiger partial charge on any atom is -0.474 e. The molecule has 7 nitrogen and oxygen atoms in total. The SMILES string of the molecule is O=c1[nH]c(-c2ccncc2)nc2c1CN(Cc1ccc(OC3CCCCC3)nc1)CC2. The first kappa shape index (κ1) is 19.9. The lowest BCUT2D eigenvalue weighted by molar-refractivity contribution is 0.148. The van der Waals surface area contributed by atoms with E-state index in [0.29, 0.717) is 24.4 Å². The summed E-state index contributed by atoms with van der Waals surface area (Å²) in [6.07, 6.45) is 12.4. The van der Waals surface area contributed by atoms with Crippen molar-refractivity contribution < 1.29 is 4.74 Å². The van der Waals surface area contributed by atoms with Crippen LogP contribution in [0.2, 0.25) is 0 Å². The molecule has 7 heteroatoms. The quantitative estimate of drug-likeness (QED) is 0.684. The summed E-state index contributed by atoms with van der Waals surface area (Å²) in [5.41, 5.74) is 3.59. The molecule has 4 heterocycles. The second-order valence-corrected chi connectivity index (χ2v) is 8.42. The molecule has 1 saturated carbocycles. The van der Waals surface area contributed by atoms with Crippen molar-refractivity contribution in [2.45, 2.75) is 57.7 Å². The fourth-order valence-corrected chi connectivity index (χ4v) is 4.45. The number of rotatable bonds is 5. The molecule has 1 N–H and O–H groups in total. The van der Waals surface area contributed by atoms with E-state index in [4.69, 9.17) is 9.72 Å². The minimum absolute atomic E-state index is 0.0594. The number of pyridine rings is 2. The van der Waals surface area contributed by atoms with Crippen molar-refractivity contribution in [1.82, 2.24) is 24.8 Å². The van der Waals surface area contributed by atoms with E-state index >= 15 is 0 Å². The van der Waals surface area contributed by atoms with Gasteiger partial charge in [-0.1, -0.05) is 12.5 Å². The number of nitrogens with zero attached hydrogens (tertiary/aromatic N) is 4. The average molecular weight is 418 g/mol. The maximum atomic E-state index is 12.7. The number of nitrogens with one attached hydrogen (secondary N) is 1. The normalized spacial score (nSPS) is 17.3. The summed E-state index contributed by atoms with van der Waals surface area (Å²) in [7, 11) is 0. The van der Waals surface area contributed by atoms with Crippen molar-refractivity contribution in [3.05, 3.63) is 70.0 Å². The van der Waals surface area contributed by atoms with Crippen molar-refractivity contribution in [3.8, 4) is 17.3 Å². The van der Waals surface area contributed by atoms with Crippen LogP contribution in [-0.2, 0) is 19.5 Å². The Morgan fingerprint density at radius 3 is 2.71 bits per heavy atom. The molecule has 5 rings (SSSR count). The molecule has 0 radical (unpaired) electrons. The van der Waals surface area contributed by atoms with Gasteiger partial charge in [0.2, 0.25) is 5.88 Å². The molecule has 0 amide bonds. The lowest BCUT2D eigenvalue weighted by Gasteiger charge is -2.27. The topological polar surface area (TPSA) is 84.0 Å². The van der Waals surface area contributed by atoms with Crippen LogP contribution in [-0.4, -0.2) is 37.5 Å². The van der Waals surface area contributed by atoms with Crippen molar-refractivity contribution in [3.63, 3.8) is 0 Å². The molecule has 1 fully saturated rings. The highest BCUT2D eigenvalue weighted by molar-refractivity contribution is 5.54. The Labute approximate surface area is 181 Å². The van der Waals surface area contributed by atoms with Crippen molar-refractivity contribution in [2.75, 3.05) is 6.54 Å². The van der Waals surface area contributed by atoms with E-state index in [1.807, 2.05) is 24.4 Å². The highest BCUT2D eigenvalue weighted by atomic mass is 16.5. The van der Waals surface area contributed by atoms with Crippen molar-refractivity contribution in [2.24, 2.45) is 0 Å². The van der Waals surface area contributed by atoms with Gasteiger partial charge in [0.05, 0.1) is 11.3 Å². The zero-order valence-corrected chi connectivity index (χ0v) is 17.6. The van der Waals surface area contributed by atoms with E-state index in [2.05, 4.69) is 25.9 Å². The molecular formula is C24H27N5O2. The van der Waals surface area contributed by atoms with Gasteiger partial charge in [0.15, 0.2) is 0 Å². The molecule has 0 aromatic carbocycles. The van der Waals surface area contributed by atoms with Crippen LogP contribution in [0.1, 0.15) is 48.9 Å². The predicted octanol–water partition coefficient (Wildman–Crippen LogP) is 3.50. The van der Waals surface area contributed by atoms with Gasteiger partial charge in [-0.25, -0.2) is 9.97 Å². The summed E-state index contributed by atoms with van der Waals surface area (Å²) in [5, 5.41) is 0. The standard InChI is InChI=1S/C24H27N5O2/c30-24-20-16-29(13-10-21(20)27-23(28-24)18-8-11-25-12-9-18)15-17-6-7-22(26-14-17)31-19-4-2-1-3-5-19/h6-9,11-12,14,19H,1-5,10,13,15-16H2,(H,27,28,30). The third-order valence-corrected chi connectivity index (χ3v) is 6.14. The van der Waals surface area contributed by atoms with E-state index in [0.717, 1.165) is 54.7 Å². The number of aromatic nitrogens is 4. The van der Waals surface area contributed by atoms with E-state index in [1.54, 1.807) is 12.4 Å². The van der Waals surface area contributed by atoms with Crippen molar-refractivity contribution in [1.29, 1.82) is 0 Å². The Kier molecular flexibility index (Phi) is 5.76. The summed E-state index contributed by atoms with van der Waals surface area (Å²) in [4.78, 5) is 31.2. The van der Waals surface area contributed by atoms with E-state index in [1.165, 1.54) is 19.3 Å². The summed E-state index contributed by atoms with van der Waals surface area (Å²) in [6.45, 7) is 2.20. The highest BCUT2D eigenvalue weighted by Crippen LogP contribution is 2.23. The predicted molar refractivity (Wildman–Crippen MR) is 118 cm³/mol. The Morgan fingerprint density at radius 1 is 1.10 bits per heavy atom. The van der Waals surface area contributed by atoms with Gasteiger partial charge in [0, 0.05) is 56.3 Å². The second-order valence-electron chi connectivity index (χ2n) is 8.42. The first-order valence-electron chi connectivity index (χ1n) is 11.1. The molecule has 1 aliphatic carbocycles. The lowest BCUT2D eigenvalue weighted by atomic mass is 9.98. The monoisotopic (exact) mass is 417 g/mol. The van der Waals surface area contributed by atoms with E-state index in [-0.39, 0.29) is 5.56 Å². The molecule has 3 aromatic heterocycles. The molecule has 160 valence electrons. The Hall–Kier alpha value is -3.06. The van der Waals surface area contributed by atoms with Crippen LogP contribution in [0.4, 0.5) is 0 Å². The summed E-state index contributed by atoms with van der Waals surface area (Å²) >= 11 is 0. The average Bonchev–Trinajstić information content (AvgIpc) is 2.82. The third-order valence-electron chi connectivity index (χ3n) is 6.14. The molecule has 0 spiro atoms. The lowest BCUT2D eigenvalue weighted by Crippen LogP contribution is -2.35. The van der Waals surface area contributed by atoms with Crippen molar-refractivity contribution >= 4 is 0 Å². The van der Waals surface area contributed by atoms with Gasteiger partial charge in [-0.05, 0) is 43.4 Å². The number of H-pyrrole nitrogens is 1. The van der Waals surface area contributed by atoms with Crippen LogP contribution < -0.4 is 10.3 Å². The number of hydrogen-bond donors (Lipinski definition) is 1. The van der Waals surface area contributed by atoms with E-state index < -0.39 is 0 Å². The molecule has 0 unspecified atom stereocenters. The zero-order valence-electron chi connectivity index (χ0n) is 17.6. The maximum Gasteiger partial charge on any atom is 0.255 e. The molecule has 0 saturated heterocycles. The molecule has 1 aliphatic heterocycles. The summed E-state index contributed by atoms with van der Waals surface area (Å²) in [5.74, 6) is 1.32. The van der Waals surface area contributed by atoms with Crippen LogP contribution in [0, 0.1) is 0 Å². The molecule has 2 aliphatic rings. The number of aromatic amines is 1. The zero-order chi connectivity index (χ0) is 21.0. The summed E-state index contributed by atoms with van der Waals surface area (Å²) in [6, 6.07) is 7.76. The number of hydrogen-bond acceptors (Lipinski definition) is 6. The van der Waals surface area contributed by atoms with Gasteiger partial charge in [0.1, 0.15) is 11.9 Å². The van der Waals surface area contributed by atoms with Crippen LogP contribution in [0.5, 0.6) is 5.88 Å². The minimum atomic E-state index is -0.0594. The second kappa shape index (κ2) is 8.98. The van der Waals surface area contributed by atoms with Crippen LogP contribution >= 0.6 is 0 Å². The largest absolute Gasteiger partial charge is 0.474 e. The Bertz CT molecular complexity index is 1080. The smallest absolute Gasteiger partial charge is 0.255 e. The molecule has 0 atom stereocenters. The summed E-state index contributed by atoms with van der Waals surface area (Å²) < 4.78 is 6.03. The van der Waals surface area contributed by atoms with Gasteiger partial charge in [-0.2, -0.15) is 0 Å². The molecule has 31 heavy (non-hydrogen) atoms. The highest BCUT2D eigenvalue weighted by Gasteiger charge is 2.22. The van der Waals surface area contributed by atoms with E-state index in [9.17, 15) is 4.79 Å². The first-order chi connectivity index (χ1) is 15.2. The van der Waals surface area contributed by atoms with Crippen LogP contribution in [0.3, 0.4) is 0 Å². The van der Waals surface area contributed by atoms with Crippen LogP contribution in [0.25, 0.3) is 11.4 Å². The van der Waals surface area contributed by atoms with Gasteiger partial charge >= 0.3 is 0 Å². The number of ether oxygens (including phenoxy) is 1. The molecule has 0 bridgehead atoms. The number of fused-ring (bicyclic) bond motifs is 1. The van der Waals surface area contributed by atoms with Gasteiger partial charge in [-0.3, -0.25) is 14.7 Å². The maximum absolute atomic E-state index is 12.7. The fourth-order valence-electron chi connectivity index (χ4n) is 4.45. The molecular weight excluding hydrogens is 390 g/mol. The van der Waals surface area contributed by atoms with Gasteiger partial charge in [-0.15, -0.1) is 0 Å². The van der Waals surface area contributed by atoms with Crippen LogP contribution in [0.15, 0.2) is 47.7 Å². The Balaban J connectivity index is 1.24. The first-order valence-corrected chi connectivity index (χ1v) is 11.1. The van der Waals surface area contributed by atoms with Gasteiger partial charge in [0.25, 0.3) is 5.56 Å². The fraction of sp³-hybridized carbons (Fsp3) is 0.417. The molecule has 3 aromatic rings. The Morgan fingerprint density at radius 2 is 1.94 bits per heavy atom.